The van der Waals surface area contributed by atoms with Crippen LogP contribution in [-0.4, -0.2) is 37.7 Å². The summed E-state index contributed by atoms with van der Waals surface area (Å²) in [5, 5.41) is 6.08. The number of ether oxygens (including phenoxy) is 1. The van der Waals surface area contributed by atoms with Crippen LogP contribution in [0.1, 0.15) is 32.3 Å². The quantitative estimate of drug-likeness (QED) is 0.869. The standard InChI is InChI=1S/C13H16F3N5O2/c1-7-5-8(17-6-9(22)23-12(2,3)4)21-11(18-7)19-10(20-21)13(14,15)16/h5,17H,6H2,1-4H3. The number of hydrogen-bond donors (Lipinski definition) is 1. The average Bonchev–Trinajstić information content (AvgIpc) is 2.77. The largest absolute Gasteiger partial charge is 0.459 e. The lowest BCUT2D eigenvalue weighted by Crippen LogP contribution is -2.28. The normalized spacial score (nSPS) is 12.5. The molecule has 7 nitrogen and oxygen atoms in total. The van der Waals surface area contributed by atoms with Gasteiger partial charge in [-0.1, -0.05) is 0 Å². The first-order chi connectivity index (χ1) is 10.5. The maximum absolute atomic E-state index is 12.7. The van der Waals surface area contributed by atoms with Crippen molar-refractivity contribution in [1.29, 1.82) is 0 Å². The third-order valence-electron chi connectivity index (χ3n) is 2.53. The summed E-state index contributed by atoms with van der Waals surface area (Å²) >= 11 is 0. The van der Waals surface area contributed by atoms with E-state index >= 15 is 0 Å². The Hall–Kier alpha value is -2.39. The van der Waals surface area contributed by atoms with E-state index in [1.807, 2.05) is 0 Å². The van der Waals surface area contributed by atoms with Crippen molar-refractivity contribution in [3.63, 3.8) is 0 Å². The summed E-state index contributed by atoms with van der Waals surface area (Å²) in [5.41, 5.74) is -0.218. The van der Waals surface area contributed by atoms with E-state index in [4.69, 9.17) is 4.74 Å². The second-order valence-electron chi connectivity index (χ2n) is 5.87. The Morgan fingerprint density at radius 2 is 1.96 bits per heavy atom. The summed E-state index contributed by atoms with van der Waals surface area (Å²) in [6, 6.07) is 1.46. The molecule has 1 N–H and O–H groups in total. The molecule has 0 radical (unpaired) electrons. The fraction of sp³-hybridized carbons (Fsp3) is 0.538. The number of hydrogen-bond acceptors (Lipinski definition) is 6. The number of halogens is 3. The number of aromatic nitrogens is 4. The molecule has 0 spiro atoms. The van der Waals surface area contributed by atoms with Crippen LogP contribution in [0.5, 0.6) is 0 Å². The maximum Gasteiger partial charge on any atom is 0.453 e. The molecule has 0 unspecified atom stereocenters. The van der Waals surface area contributed by atoms with E-state index in [-0.39, 0.29) is 18.1 Å². The van der Waals surface area contributed by atoms with Gasteiger partial charge in [0.25, 0.3) is 11.6 Å². The van der Waals surface area contributed by atoms with Gasteiger partial charge in [-0.2, -0.15) is 22.7 Å². The number of anilines is 1. The molecule has 10 heteroatoms. The van der Waals surface area contributed by atoms with Crippen LogP contribution in [0.2, 0.25) is 0 Å². The predicted octanol–water partition coefficient (Wildman–Crippen LogP) is 2.21. The topological polar surface area (TPSA) is 81.4 Å². The van der Waals surface area contributed by atoms with Crippen LogP contribution < -0.4 is 5.32 Å². The Balaban J connectivity index is 2.26. The van der Waals surface area contributed by atoms with E-state index in [0.29, 0.717) is 5.69 Å². The number of rotatable bonds is 3. The fourth-order valence-electron chi connectivity index (χ4n) is 1.77. The Morgan fingerprint density at radius 1 is 1.30 bits per heavy atom. The number of nitrogens with zero attached hydrogens (tertiary/aromatic N) is 4. The second kappa shape index (κ2) is 5.67. The van der Waals surface area contributed by atoms with Crippen molar-refractivity contribution < 1.29 is 22.7 Å². The summed E-state index contributed by atoms with van der Waals surface area (Å²) in [5.74, 6) is -1.88. The minimum Gasteiger partial charge on any atom is -0.459 e. The van der Waals surface area contributed by atoms with Gasteiger partial charge in [0.15, 0.2) is 0 Å². The van der Waals surface area contributed by atoms with E-state index in [9.17, 15) is 18.0 Å². The van der Waals surface area contributed by atoms with Gasteiger partial charge in [0.2, 0.25) is 0 Å². The van der Waals surface area contributed by atoms with Crippen LogP contribution in [0.25, 0.3) is 5.78 Å². The first kappa shape index (κ1) is 17.0. The molecule has 0 amide bonds. The van der Waals surface area contributed by atoms with Crippen LogP contribution in [0.4, 0.5) is 19.0 Å². The molecule has 0 aliphatic heterocycles. The number of esters is 1. The highest BCUT2D eigenvalue weighted by atomic mass is 19.4. The molecule has 2 aromatic heterocycles. The van der Waals surface area contributed by atoms with Crippen LogP contribution in [-0.2, 0) is 15.7 Å². The molecule has 2 heterocycles. The molecule has 126 valence electrons. The maximum atomic E-state index is 12.7. The van der Waals surface area contributed by atoms with Crippen LogP contribution in [0, 0.1) is 6.92 Å². The van der Waals surface area contributed by atoms with Gasteiger partial charge >= 0.3 is 12.1 Å². The molecular weight excluding hydrogens is 315 g/mol. The minimum atomic E-state index is -4.68. The van der Waals surface area contributed by atoms with E-state index < -0.39 is 23.6 Å². The van der Waals surface area contributed by atoms with E-state index in [1.165, 1.54) is 6.07 Å². The van der Waals surface area contributed by atoms with Crippen molar-refractivity contribution in [1.82, 2.24) is 19.6 Å². The fourth-order valence-corrected chi connectivity index (χ4v) is 1.77. The zero-order chi connectivity index (χ0) is 17.4. The molecule has 23 heavy (non-hydrogen) atoms. The van der Waals surface area contributed by atoms with E-state index in [0.717, 1.165) is 4.52 Å². The van der Waals surface area contributed by atoms with Crippen molar-refractivity contribution in [2.24, 2.45) is 0 Å². The van der Waals surface area contributed by atoms with Crippen LogP contribution in [0.3, 0.4) is 0 Å². The molecule has 2 rings (SSSR count). The summed E-state index contributed by atoms with van der Waals surface area (Å²) in [6.45, 7) is 6.52. The van der Waals surface area contributed by atoms with Crippen molar-refractivity contribution >= 4 is 17.6 Å². The van der Waals surface area contributed by atoms with Gasteiger partial charge in [0.1, 0.15) is 18.0 Å². The highest BCUT2D eigenvalue weighted by Gasteiger charge is 2.36. The number of carbonyl (C=O) groups excluding carboxylic acids is 1. The van der Waals surface area contributed by atoms with Crippen molar-refractivity contribution in [3.8, 4) is 0 Å². The second-order valence-corrected chi connectivity index (χ2v) is 5.87. The van der Waals surface area contributed by atoms with Gasteiger partial charge in [0.05, 0.1) is 0 Å². The van der Waals surface area contributed by atoms with E-state index in [1.54, 1.807) is 27.7 Å². The molecule has 0 aromatic carbocycles. The van der Waals surface area contributed by atoms with Gasteiger partial charge in [0, 0.05) is 11.8 Å². The Bertz CT molecular complexity index is 734. The van der Waals surface area contributed by atoms with Crippen molar-refractivity contribution in [2.75, 3.05) is 11.9 Å². The molecule has 0 saturated heterocycles. The van der Waals surface area contributed by atoms with Crippen LogP contribution >= 0.6 is 0 Å². The van der Waals surface area contributed by atoms with Gasteiger partial charge in [-0.15, -0.1) is 5.10 Å². The molecule has 2 aromatic rings. The zero-order valence-corrected chi connectivity index (χ0v) is 13.0. The number of fused-ring (bicyclic) bond motifs is 1. The summed E-state index contributed by atoms with van der Waals surface area (Å²) in [4.78, 5) is 18.9. The van der Waals surface area contributed by atoms with Gasteiger partial charge < -0.3 is 10.1 Å². The van der Waals surface area contributed by atoms with Crippen LogP contribution in [0.15, 0.2) is 6.07 Å². The zero-order valence-electron chi connectivity index (χ0n) is 13.0. The number of aryl methyl sites for hydroxylation is 1. The number of nitrogens with one attached hydrogen (secondary N) is 1. The van der Waals surface area contributed by atoms with Gasteiger partial charge in [-0.05, 0) is 27.7 Å². The summed E-state index contributed by atoms with van der Waals surface area (Å²) < 4.78 is 44.1. The molecule has 0 aliphatic carbocycles. The lowest BCUT2D eigenvalue weighted by atomic mass is 10.2. The van der Waals surface area contributed by atoms with Crippen molar-refractivity contribution in [3.05, 3.63) is 17.6 Å². The van der Waals surface area contributed by atoms with Gasteiger partial charge in [-0.3, -0.25) is 4.79 Å². The Labute approximate surface area is 129 Å². The van der Waals surface area contributed by atoms with Crippen molar-refractivity contribution in [2.45, 2.75) is 39.5 Å². The third-order valence-corrected chi connectivity index (χ3v) is 2.53. The monoisotopic (exact) mass is 331 g/mol. The van der Waals surface area contributed by atoms with Gasteiger partial charge in [-0.25, -0.2) is 4.98 Å². The predicted molar refractivity (Wildman–Crippen MR) is 74.9 cm³/mol. The summed E-state index contributed by atoms with van der Waals surface area (Å²) in [7, 11) is 0. The molecule has 0 saturated carbocycles. The highest BCUT2D eigenvalue weighted by molar-refractivity contribution is 5.75. The smallest absolute Gasteiger partial charge is 0.453 e. The Morgan fingerprint density at radius 3 is 2.52 bits per heavy atom. The highest BCUT2D eigenvalue weighted by Crippen LogP contribution is 2.27. The number of carbonyl (C=O) groups is 1. The lowest BCUT2D eigenvalue weighted by molar-refractivity contribution is -0.152. The summed E-state index contributed by atoms with van der Waals surface area (Å²) in [6.07, 6.45) is -4.68. The average molecular weight is 331 g/mol. The lowest BCUT2D eigenvalue weighted by Gasteiger charge is -2.19. The number of alkyl halides is 3. The first-order valence-electron chi connectivity index (χ1n) is 6.73. The molecule has 0 atom stereocenters. The molecule has 0 bridgehead atoms. The minimum absolute atomic E-state index is 0.168. The third kappa shape index (κ3) is 4.30. The molecule has 0 fully saturated rings. The molecule has 0 aliphatic rings. The Kier molecular flexibility index (Phi) is 4.18. The first-order valence-corrected chi connectivity index (χ1v) is 6.73. The van der Waals surface area contributed by atoms with E-state index in [2.05, 4.69) is 20.4 Å². The molecular formula is C13H16F3N5O2. The SMILES string of the molecule is Cc1cc(NCC(=O)OC(C)(C)C)n2nc(C(F)(F)F)nc2n1.